The lowest BCUT2D eigenvalue weighted by atomic mass is 10.2. The molecule has 2 N–H and O–H groups in total. The Bertz CT molecular complexity index is 1420. The Morgan fingerprint density at radius 1 is 0.735 bits per heavy atom. The first kappa shape index (κ1) is 22.6. The van der Waals surface area contributed by atoms with Crippen LogP contribution >= 0.6 is 0 Å². The summed E-state index contributed by atoms with van der Waals surface area (Å²) in [6, 6.07) is 20.9. The molecule has 3 aromatic carbocycles. The van der Waals surface area contributed by atoms with Gasteiger partial charge in [0.15, 0.2) is 0 Å². The van der Waals surface area contributed by atoms with Crippen LogP contribution in [0.3, 0.4) is 0 Å². The molecular weight excluding hydrogens is 440 g/mol. The highest BCUT2D eigenvalue weighted by molar-refractivity contribution is 6.04. The Hall–Kier alpha value is -4.59. The summed E-state index contributed by atoms with van der Waals surface area (Å²) in [5.41, 5.74) is 0.422. The van der Waals surface area contributed by atoms with E-state index in [0.717, 1.165) is 0 Å². The van der Waals surface area contributed by atoms with E-state index < -0.39 is 29.0 Å². The third kappa shape index (κ3) is 4.91. The molecule has 0 aliphatic heterocycles. The summed E-state index contributed by atoms with van der Waals surface area (Å²) in [7, 11) is 0. The second kappa shape index (κ2) is 9.91. The van der Waals surface area contributed by atoms with Crippen LogP contribution in [-0.4, -0.2) is 16.4 Å². The molecule has 1 heterocycles. The predicted molar refractivity (Wildman–Crippen MR) is 124 cm³/mol. The molecule has 0 bridgehead atoms. The number of nitrogens with zero attached hydrogens (tertiary/aromatic N) is 1. The van der Waals surface area contributed by atoms with Gasteiger partial charge in [-0.05, 0) is 54.6 Å². The molecule has 34 heavy (non-hydrogen) atoms. The van der Waals surface area contributed by atoms with Crippen LogP contribution in [0, 0.1) is 11.6 Å². The predicted octanol–water partition coefficient (Wildman–Crippen LogP) is 4.30. The Kier molecular flexibility index (Phi) is 6.59. The Morgan fingerprint density at radius 2 is 1.38 bits per heavy atom. The molecule has 4 aromatic rings. The van der Waals surface area contributed by atoms with Crippen LogP contribution in [0.4, 0.5) is 14.5 Å². The van der Waals surface area contributed by atoms with Crippen molar-refractivity contribution in [3.8, 4) is 5.69 Å². The first-order valence-electron chi connectivity index (χ1n) is 10.3. The zero-order chi connectivity index (χ0) is 24.1. The largest absolute Gasteiger partial charge is 0.348 e. The number of nitrogens with one attached hydrogen (secondary N) is 2. The van der Waals surface area contributed by atoms with Crippen LogP contribution in [0.5, 0.6) is 0 Å². The number of halogens is 2. The van der Waals surface area contributed by atoms with Gasteiger partial charge in [-0.1, -0.05) is 30.3 Å². The highest BCUT2D eigenvalue weighted by Crippen LogP contribution is 2.15. The fourth-order valence-electron chi connectivity index (χ4n) is 3.33. The van der Waals surface area contributed by atoms with Crippen molar-refractivity contribution in [2.45, 2.75) is 6.54 Å². The minimum Gasteiger partial charge on any atom is -0.348 e. The summed E-state index contributed by atoms with van der Waals surface area (Å²) in [6.45, 7) is -0.0593. The molecule has 6 nitrogen and oxygen atoms in total. The second-order valence-corrected chi connectivity index (χ2v) is 7.35. The summed E-state index contributed by atoms with van der Waals surface area (Å²) >= 11 is 0. The van der Waals surface area contributed by atoms with E-state index >= 15 is 0 Å². The minimum absolute atomic E-state index is 0.0593. The number of amides is 2. The van der Waals surface area contributed by atoms with Crippen LogP contribution < -0.4 is 16.2 Å². The monoisotopic (exact) mass is 459 g/mol. The van der Waals surface area contributed by atoms with Gasteiger partial charge in [-0.2, -0.15) is 0 Å². The fraction of sp³-hybridized carbons (Fsp3) is 0.0385. The van der Waals surface area contributed by atoms with Gasteiger partial charge < -0.3 is 10.6 Å². The summed E-state index contributed by atoms with van der Waals surface area (Å²) < 4.78 is 28.8. The van der Waals surface area contributed by atoms with E-state index in [9.17, 15) is 23.2 Å². The lowest BCUT2D eigenvalue weighted by molar-refractivity contribution is 0.0948. The van der Waals surface area contributed by atoms with Crippen LogP contribution in [0.25, 0.3) is 5.69 Å². The van der Waals surface area contributed by atoms with E-state index in [1.807, 2.05) is 0 Å². The molecule has 0 saturated carbocycles. The van der Waals surface area contributed by atoms with Gasteiger partial charge in [0.25, 0.3) is 17.4 Å². The molecule has 170 valence electrons. The zero-order valence-corrected chi connectivity index (χ0v) is 17.8. The maximum atomic E-state index is 13.8. The molecule has 0 spiro atoms. The van der Waals surface area contributed by atoms with E-state index in [4.69, 9.17) is 0 Å². The first-order valence-corrected chi connectivity index (χ1v) is 10.3. The quantitative estimate of drug-likeness (QED) is 0.451. The van der Waals surface area contributed by atoms with Crippen molar-refractivity contribution in [1.82, 2.24) is 9.88 Å². The van der Waals surface area contributed by atoms with Crippen LogP contribution in [0.1, 0.15) is 26.3 Å². The third-order valence-electron chi connectivity index (χ3n) is 5.11. The standard InChI is InChI=1S/C26H19F2N3O3/c27-22-9-3-1-6-17(22)16-29-24(32)21-8-5-15-31(26(21)34)19-13-11-18(12-14-19)30-25(33)20-7-2-4-10-23(20)28/h1-15H,16H2,(H,29,32)(H,30,33). The molecule has 8 heteroatoms. The van der Waals surface area contributed by atoms with Gasteiger partial charge in [0, 0.05) is 29.7 Å². The lowest BCUT2D eigenvalue weighted by Gasteiger charge is -2.11. The van der Waals surface area contributed by atoms with Crippen molar-refractivity contribution in [2.75, 3.05) is 5.32 Å². The van der Waals surface area contributed by atoms with Crippen molar-refractivity contribution >= 4 is 17.5 Å². The van der Waals surface area contributed by atoms with Crippen molar-refractivity contribution in [1.29, 1.82) is 0 Å². The van der Waals surface area contributed by atoms with Crippen molar-refractivity contribution in [3.05, 3.63) is 130 Å². The molecule has 0 aliphatic rings. The van der Waals surface area contributed by atoms with Crippen molar-refractivity contribution in [2.24, 2.45) is 0 Å². The number of aromatic nitrogens is 1. The van der Waals surface area contributed by atoms with E-state index in [0.29, 0.717) is 16.9 Å². The van der Waals surface area contributed by atoms with Gasteiger partial charge in [-0.15, -0.1) is 0 Å². The summed E-state index contributed by atoms with van der Waals surface area (Å²) in [5.74, 6) is -2.31. The van der Waals surface area contributed by atoms with Crippen molar-refractivity contribution < 1.29 is 18.4 Å². The highest BCUT2D eigenvalue weighted by atomic mass is 19.1. The van der Waals surface area contributed by atoms with Gasteiger partial charge in [0.05, 0.1) is 5.56 Å². The molecule has 1 aromatic heterocycles. The van der Waals surface area contributed by atoms with Gasteiger partial charge in [0.1, 0.15) is 17.2 Å². The number of pyridine rings is 1. The summed E-state index contributed by atoms with van der Waals surface area (Å²) in [6.07, 6.45) is 1.50. The number of carbonyl (C=O) groups excluding carboxylic acids is 2. The van der Waals surface area contributed by atoms with Crippen molar-refractivity contribution in [3.63, 3.8) is 0 Å². The molecule has 4 rings (SSSR count). The molecule has 2 amide bonds. The first-order chi connectivity index (χ1) is 16.4. The summed E-state index contributed by atoms with van der Waals surface area (Å²) in [5, 5.41) is 5.15. The van der Waals surface area contributed by atoms with Gasteiger partial charge >= 0.3 is 0 Å². The third-order valence-corrected chi connectivity index (χ3v) is 5.11. The Morgan fingerprint density at radius 3 is 2.09 bits per heavy atom. The average molecular weight is 459 g/mol. The summed E-state index contributed by atoms with van der Waals surface area (Å²) in [4.78, 5) is 37.7. The molecule has 0 unspecified atom stereocenters. The van der Waals surface area contributed by atoms with Gasteiger partial charge in [-0.3, -0.25) is 19.0 Å². The topological polar surface area (TPSA) is 80.2 Å². The molecule has 0 aliphatic carbocycles. The maximum absolute atomic E-state index is 13.8. The Balaban J connectivity index is 1.49. The van der Waals surface area contributed by atoms with Crippen LogP contribution in [-0.2, 0) is 6.54 Å². The number of carbonyl (C=O) groups is 2. The smallest absolute Gasteiger partial charge is 0.267 e. The van der Waals surface area contributed by atoms with E-state index in [2.05, 4.69) is 10.6 Å². The second-order valence-electron chi connectivity index (χ2n) is 7.35. The number of rotatable bonds is 6. The SMILES string of the molecule is O=C(Nc1ccc(-n2cccc(C(=O)NCc3ccccc3F)c2=O)cc1)c1ccccc1F. The minimum atomic E-state index is -0.631. The molecule has 0 atom stereocenters. The number of hydrogen-bond acceptors (Lipinski definition) is 3. The van der Waals surface area contributed by atoms with Gasteiger partial charge in [-0.25, -0.2) is 8.78 Å². The molecule has 0 saturated heterocycles. The average Bonchev–Trinajstić information content (AvgIpc) is 2.84. The fourth-order valence-corrected chi connectivity index (χ4v) is 3.33. The van der Waals surface area contributed by atoms with Crippen LogP contribution in [0.2, 0.25) is 0 Å². The van der Waals surface area contributed by atoms with Crippen LogP contribution in [0.15, 0.2) is 95.9 Å². The van der Waals surface area contributed by atoms with Gasteiger partial charge in [0.2, 0.25) is 0 Å². The lowest BCUT2D eigenvalue weighted by Crippen LogP contribution is -2.32. The zero-order valence-electron chi connectivity index (χ0n) is 17.8. The number of benzene rings is 3. The maximum Gasteiger partial charge on any atom is 0.267 e. The van der Waals surface area contributed by atoms with E-state index in [-0.39, 0.29) is 17.7 Å². The van der Waals surface area contributed by atoms with E-state index in [1.54, 1.807) is 54.6 Å². The molecule has 0 radical (unpaired) electrons. The van der Waals surface area contributed by atoms with E-state index in [1.165, 1.54) is 41.1 Å². The Labute approximate surface area is 193 Å². The highest BCUT2D eigenvalue weighted by Gasteiger charge is 2.14. The normalized spacial score (nSPS) is 10.5. The number of anilines is 1. The number of hydrogen-bond donors (Lipinski definition) is 2. The molecule has 0 fully saturated rings. The molecular formula is C26H19F2N3O3.